The Kier molecular flexibility index (Phi) is 7.53. The summed E-state index contributed by atoms with van der Waals surface area (Å²) < 4.78 is 5.94. The van der Waals surface area contributed by atoms with E-state index in [1.807, 2.05) is 24.3 Å². The van der Waals surface area contributed by atoms with Gasteiger partial charge in [0.05, 0.1) is 12.6 Å². The van der Waals surface area contributed by atoms with Crippen molar-refractivity contribution in [2.45, 2.75) is 37.8 Å². The first kappa shape index (κ1) is 23.8. The number of carbonyl (C=O) groups excluding carboxylic acids is 1. The number of carboxylic acids is 1. The zero-order valence-corrected chi connectivity index (χ0v) is 18.6. The van der Waals surface area contributed by atoms with E-state index in [9.17, 15) is 14.7 Å². The topological polar surface area (TPSA) is 105 Å². The number of Topliss-reactive ketones (excluding diaryl/α,β-unsaturated/α-hetero) is 1. The van der Waals surface area contributed by atoms with E-state index in [0.717, 1.165) is 37.1 Å². The van der Waals surface area contributed by atoms with Crippen molar-refractivity contribution in [3.05, 3.63) is 65.2 Å². The standard InChI is InChI=1S/C24H27N3O4.ClH/c25-24(20(15-22(28)29)14-19-6-2-3-7-21(19)31-24)23(30)18-10-8-17(9-11-18)16-26-27-12-4-1-5-13-27;/h2-3,6-11,16,20H,1,4-5,12-15,25H2,(H,28,29);1H. The van der Waals surface area contributed by atoms with Crippen LogP contribution in [0.1, 0.15) is 47.2 Å². The van der Waals surface area contributed by atoms with Crippen LogP contribution in [0.15, 0.2) is 53.6 Å². The number of ketones is 1. The maximum atomic E-state index is 13.4. The summed E-state index contributed by atoms with van der Waals surface area (Å²) in [7, 11) is 0. The quantitative estimate of drug-likeness (QED) is 0.508. The Hall–Kier alpha value is -2.90. The SMILES string of the molecule is Cl.NC1(C(=O)c2ccc(C=NN3CCCCC3)cc2)Oc2ccccc2CC1CC(=O)O. The summed E-state index contributed by atoms with van der Waals surface area (Å²) in [6.45, 7) is 1.93. The molecule has 0 spiro atoms. The summed E-state index contributed by atoms with van der Waals surface area (Å²) in [5.41, 5.74) is 6.84. The number of rotatable bonds is 6. The number of hydrazone groups is 1. The highest BCUT2D eigenvalue weighted by atomic mass is 35.5. The fourth-order valence-electron chi connectivity index (χ4n) is 4.21. The van der Waals surface area contributed by atoms with Crippen LogP contribution in [0.2, 0.25) is 0 Å². The Morgan fingerprint density at radius 3 is 2.50 bits per heavy atom. The third-order valence-electron chi connectivity index (χ3n) is 5.98. The second kappa shape index (κ2) is 10.1. The number of hydrogen-bond acceptors (Lipinski definition) is 6. The molecule has 0 radical (unpaired) electrons. The monoisotopic (exact) mass is 457 g/mol. The second-order valence-electron chi connectivity index (χ2n) is 8.21. The third kappa shape index (κ3) is 5.11. The maximum absolute atomic E-state index is 13.4. The molecule has 0 aliphatic carbocycles. The number of para-hydroxylation sites is 1. The predicted molar refractivity (Wildman–Crippen MR) is 124 cm³/mol. The number of fused-ring (bicyclic) bond motifs is 1. The third-order valence-corrected chi connectivity index (χ3v) is 5.98. The van der Waals surface area contributed by atoms with Crippen molar-refractivity contribution in [2.75, 3.05) is 13.1 Å². The van der Waals surface area contributed by atoms with Crippen LogP contribution in [0.25, 0.3) is 0 Å². The van der Waals surface area contributed by atoms with E-state index in [1.165, 1.54) is 6.42 Å². The number of ether oxygens (including phenoxy) is 1. The largest absolute Gasteiger partial charge is 0.481 e. The van der Waals surface area contributed by atoms with Crippen molar-refractivity contribution in [2.24, 2.45) is 16.8 Å². The molecule has 170 valence electrons. The van der Waals surface area contributed by atoms with Crippen molar-refractivity contribution in [3.63, 3.8) is 0 Å². The Balaban J connectivity index is 0.00000289. The molecule has 1 saturated heterocycles. The van der Waals surface area contributed by atoms with Gasteiger partial charge in [-0.3, -0.25) is 20.3 Å². The number of benzene rings is 2. The molecular weight excluding hydrogens is 430 g/mol. The molecule has 8 heteroatoms. The highest BCUT2D eigenvalue weighted by molar-refractivity contribution is 6.03. The minimum atomic E-state index is -1.74. The van der Waals surface area contributed by atoms with E-state index >= 15 is 0 Å². The normalized spacial score (nSPS) is 22.5. The molecule has 2 atom stereocenters. The van der Waals surface area contributed by atoms with Crippen LogP contribution in [0.5, 0.6) is 5.75 Å². The minimum Gasteiger partial charge on any atom is -0.481 e. The van der Waals surface area contributed by atoms with Gasteiger partial charge in [-0.05, 0) is 42.9 Å². The zero-order chi connectivity index (χ0) is 21.8. The molecule has 4 rings (SSSR count). The van der Waals surface area contributed by atoms with Gasteiger partial charge in [0.25, 0.3) is 0 Å². The summed E-state index contributed by atoms with van der Waals surface area (Å²) in [6.07, 6.45) is 5.47. The van der Waals surface area contributed by atoms with Crippen molar-refractivity contribution in [1.82, 2.24) is 5.01 Å². The van der Waals surface area contributed by atoms with Gasteiger partial charge < -0.3 is 9.84 Å². The van der Waals surface area contributed by atoms with Gasteiger partial charge in [0, 0.05) is 24.6 Å². The second-order valence-corrected chi connectivity index (χ2v) is 8.21. The summed E-state index contributed by atoms with van der Waals surface area (Å²) >= 11 is 0. The number of aliphatic carboxylic acids is 1. The van der Waals surface area contributed by atoms with Crippen LogP contribution in [0, 0.1) is 5.92 Å². The van der Waals surface area contributed by atoms with E-state index in [2.05, 4.69) is 10.1 Å². The van der Waals surface area contributed by atoms with Crippen molar-refractivity contribution >= 4 is 30.4 Å². The number of piperidine rings is 1. The minimum absolute atomic E-state index is 0. The lowest BCUT2D eigenvalue weighted by molar-refractivity contribution is -0.140. The van der Waals surface area contributed by atoms with Gasteiger partial charge in [-0.2, -0.15) is 5.10 Å². The summed E-state index contributed by atoms with van der Waals surface area (Å²) in [5.74, 6) is -1.59. The number of carbonyl (C=O) groups is 2. The van der Waals surface area contributed by atoms with Crippen LogP contribution in [0.3, 0.4) is 0 Å². The molecule has 0 saturated carbocycles. The molecule has 1 fully saturated rings. The molecule has 0 aromatic heterocycles. The van der Waals surface area contributed by atoms with Gasteiger partial charge >= 0.3 is 5.97 Å². The molecular formula is C24H28ClN3O4. The van der Waals surface area contributed by atoms with E-state index in [0.29, 0.717) is 17.7 Å². The predicted octanol–water partition coefficient (Wildman–Crippen LogP) is 3.49. The summed E-state index contributed by atoms with van der Waals surface area (Å²) in [6, 6.07) is 14.3. The van der Waals surface area contributed by atoms with Crippen LogP contribution in [-0.2, 0) is 11.2 Å². The highest BCUT2D eigenvalue weighted by Crippen LogP contribution is 2.38. The lowest BCUT2D eigenvalue weighted by atomic mass is 9.80. The van der Waals surface area contributed by atoms with E-state index in [4.69, 9.17) is 10.5 Å². The molecule has 2 heterocycles. The van der Waals surface area contributed by atoms with Crippen LogP contribution < -0.4 is 10.5 Å². The molecule has 2 aliphatic rings. The lowest BCUT2D eigenvalue weighted by Gasteiger charge is -2.40. The number of halogens is 1. The Labute approximate surface area is 193 Å². The smallest absolute Gasteiger partial charge is 0.303 e. The molecule has 2 unspecified atom stereocenters. The molecule has 7 nitrogen and oxygen atoms in total. The fourth-order valence-corrected chi connectivity index (χ4v) is 4.21. The Morgan fingerprint density at radius 2 is 1.81 bits per heavy atom. The Morgan fingerprint density at radius 1 is 1.12 bits per heavy atom. The molecule has 0 amide bonds. The van der Waals surface area contributed by atoms with Gasteiger partial charge in [-0.25, -0.2) is 0 Å². The van der Waals surface area contributed by atoms with Gasteiger partial charge in [0.1, 0.15) is 5.75 Å². The average molecular weight is 458 g/mol. The molecule has 2 aromatic carbocycles. The molecule has 32 heavy (non-hydrogen) atoms. The number of nitrogens with two attached hydrogens (primary N) is 1. The fraction of sp³-hybridized carbons (Fsp3) is 0.375. The molecule has 0 bridgehead atoms. The van der Waals surface area contributed by atoms with E-state index < -0.39 is 23.4 Å². The first-order valence-electron chi connectivity index (χ1n) is 10.7. The maximum Gasteiger partial charge on any atom is 0.303 e. The van der Waals surface area contributed by atoms with E-state index in [1.54, 1.807) is 30.5 Å². The van der Waals surface area contributed by atoms with E-state index in [-0.39, 0.29) is 18.8 Å². The van der Waals surface area contributed by atoms with Gasteiger partial charge in [0.15, 0.2) is 0 Å². The van der Waals surface area contributed by atoms with Gasteiger partial charge in [-0.1, -0.05) is 42.5 Å². The van der Waals surface area contributed by atoms with Crippen LogP contribution >= 0.6 is 12.4 Å². The summed E-state index contributed by atoms with van der Waals surface area (Å²) in [4.78, 5) is 24.8. The first-order chi connectivity index (χ1) is 15.0. The van der Waals surface area contributed by atoms with Crippen molar-refractivity contribution in [1.29, 1.82) is 0 Å². The number of carboxylic acid groups (broad SMARTS) is 1. The first-order valence-corrected chi connectivity index (χ1v) is 10.7. The average Bonchev–Trinajstić information content (AvgIpc) is 2.78. The molecule has 2 aliphatic heterocycles. The molecule has 3 N–H and O–H groups in total. The number of nitrogens with zero attached hydrogens (tertiary/aromatic N) is 2. The number of hydrogen-bond donors (Lipinski definition) is 2. The lowest BCUT2D eigenvalue weighted by Crippen LogP contribution is -2.61. The summed E-state index contributed by atoms with van der Waals surface area (Å²) in [5, 5.41) is 15.9. The highest BCUT2D eigenvalue weighted by Gasteiger charge is 2.48. The van der Waals surface area contributed by atoms with Gasteiger partial charge in [0.2, 0.25) is 11.5 Å². The van der Waals surface area contributed by atoms with Crippen molar-refractivity contribution < 1.29 is 19.4 Å². The van der Waals surface area contributed by atoms with Crippen molar-refractivity contribution in [3.8, 4) is 5.75 Å². The van der Waals surface area contributed by atoms with Crippen LogP contribution in [0.4, 0.5) is 0 Å². The van der Waals surface area contributed by atoms with Gasteiger partial charge in [-0.15, -0.1) is 12.4 Å². The zero-order valence-electron chi connectivity index (χ0n) is 17.8. The Bertz CT molecular complexity index is 989. The van der Waals surface area contributed by atoms with Crippen LogP contribution in [-0.4, -0.2) is 46.9 Å². The molecule has 2 aromatic rings.